The fourth-order valence-electron chi connectivity index (χ4n) is 2.81. The first-order valence-electron chi connectivity index (χ1n) is 8.66. The Labute approximate surface area is 171 Å². The SMILES string of the molecule is COc1ccc(-c2csc(/C(C#N)=C/Nc3ccc4c(c3)OCO4)n2)cc1OC. The van der Waals surface area contributed by atoms with Gasteiger partial charge < -0.3 is 24.3 Å². The van der Waals surface area contributed by atoms with Crippen LogP contribution in [0.15, 0.2) is 48.0 Å². The van der Waals surface area contributed by atoms with Gasteiger partial charge in [-0.1, -0.05) is 0 Å². The third-order valence-corrected chi connectivity index (χ3v) is 5.17. The van der Waals surface area contributed by atoms with Crippen molar-refractivity contribution in [1.29, 1.82) is 5.26 Å². The van der Waals surface area contributed by atoms with Crippen LogP contribution in [0.3, 0.4) is 0 Å². The number of aromatic nitrogens is 1. The van der Waals surface area contributed by atoms with Gasteiger partial charge in [0.25, 0.3) is 0 Å². The first-order valence-corrected chi connectivity index (χ1v) is 9.54. The van der Waals surface area contributed by atoms with Crippen molar-refractivity contribution in [3.63, 3.8) is 0 Å². The highest BCUT2D eigenvalue weighted by Crippen LogP contribution is 2.35. The molecule has 2 aromatic carbocycles. The van der Waals surface area contributed by atoms with Crippen molar-refractivity contribution in [1.82, 2.24) is 4.98 Å². The maximum Gasteiger partial charge on any atom is 0.231 e. The fourth-order valence-corrected chi connectivity index (χ4v) is 3.60. The second-order valence-corrected chi connectivity index (χ2v) is 6.85. The number of rotatable bonds is 6. The number of thiazole rings is 1. The molecule has 0 unspecified atom stereocenters. The first kappa shape index (κ1) is 18.7. The monoisotopic (exact) mass is 407 g/mol. The van der Waals surface area contributed by atoms with Crippen molar-refractivity contribution in [2.75, 3.05) is 26.3 Å². The maximum absolute atomic E-state index is 9.57. The molecule has 1 aliphatic heterocycles. The van der Waals surface area contributed by atoms with E-state index in [4.69, 9.17) is 18.9 Å². The van der Waals surface area contributed by atoms with Gasteiger partial charge in [0.15, 0.2) is 23.0 Å². The smallest absolute Gasteiger partial charge is 0.231 e. The molecule has 0 fully saturated rings. The summed E-state index contributed by atoms with van der Waals surface area (Å²) in [5.41, 5.74) is 2.86. The molecule has 0 atom stereocenters. The highest BCUT2D eigenvalue weighted by atomic mass is 32.1. The molecule has 0 spiro atoms. The van der Waals surface area contributed by atoms with Gasteiger partial charge in [-0.3, -0.25) is 0 Å². The molecular weight excluding hydrogens is 390 g/mol. The van der Waals surface area contributed by atoms with Crippen LogP contribution in [-0.2, 0) is 0 Å². The standard InChI is InChI=1S/C21H17N3O4S/c1-25-17-5-3-13(7-19(17)26-2)16-11-29-21(24-16)14(9-22)10-23-15-4-6-18-20(8-15)28-12-27-18/h3-8,10-11,23H,12H2,1-2H3/b14-10+. The van der Waals surface area contributed by atoms with Gasteiger partial charge in [0, 0.05) is 28.9 Å². The molecule has 2 heterocycles. The van der Waals surface area contributed by atoms with E-state index in [0.29, 0.717) is 33.6 Å². The molecule has 0 bridgehead atoms. The molecule has 1 aromatic heterocycles. The lowest BCUT2D eigenvalue weighted by molar-refractivity contribution is 0.174. The largest absolute Gasteiger partial charge is 0.493 e. The number of ether oxygens (including phenoxy) is 4. The van der Waals surface area contributed by atoms with Gasteiger partial charge in [0.1, 0.15) is 16.6 Å². The van der Waals surface area contributed by atoms with Crippen LogP contribution in [0.4, 0.5) is 5.69 Å². The summed E-state index contributed by atoms with van der Waals surface area (Å²) >= 11 is 1.40. The number of benzene rings is 2. The van der Waals surface area contributed by atoms with Gasteiger partial charge in [0.05, 0.1) is 19.9 Å². The Morgan fingerprint density at radius 1 is 1.14 bits per heavy atom. The lowest BCUT2D eigenvalue weighted by Gasteiger charge is -2.08. The van der Waals surface area contributed by atoms with Gasteiger partial charge >= 0.3 is 0 Å². The van der Waals surface area contributed by atoms with E-state index in [9.17, 15) is 5.26 Å². The molecule has 1 aliphatic rings. The van der Waals surface area contributed by atoms with Crippen molar-refractivity contribution in [3.05, 3.63) is 53.0 Å². The van der Waals surface area contributed by atoms with Crippen molar-refractivity contribution in [3.8, 4) is 40.3 Å². The minimum atomic E-state index is 0.218. The second kappa shape index (κ2) is 8.12. The Balaban J connectivity index is 1.56. The molecule has 3 aromatic rings. The number of anilines is 1. The Bertz CT molecular complexity index is 1120. The van der Waals surface area contributed by atoms with Gasteiger partial charge in [-0.05, 0) is 30.3 Å². The van der Waals surface area contributed by atoms with Crippen LogP contribution in [0.1, 0.15) is 5.01 Å². The quantitative estimate of drug-likeness (QED) is 0.601. The van der Waals surface area contributed by atoms with E-state index in [0.717, 1.165) is 16.9 Å². The van der Waals surface area contributed by atoms with E-state index in [-0.39, 0.29) is 6.79 Å². The first-order chi connectivity index (χ1) is 14.2. The van der Waals surface area contributed by atoms with Crippen LogP contribution in [0.25, 0.3) is 16.8 Å². The van der Waals surface area contributed by atoms with E-state index >= 15 is 0 Å². The summed E-state index contributed by atoms with van der Waals surface area (Å²) in [6, 6.07) is 13.3. The summed E-state index contributed by atoms with van der Waals surface area (Å²) in [7, 11) is 3.18. The van der Waals surface area contributed by atoms with Gasteiger partial charge in [-0.2, -0.15) is 5.26 Å². The predicted molar refractivity (Wildman–Crippen MR) is 110 cm³/mol. The molecule has 0 saturated heterocycles. The summed E-state index contributed by atoms with van der Waals surface area (Å²) < 4.78 is 21.3. The molecule has 8 heteroatoms. The van der Waals surface area contributed by atoms with E-state index in [1.54, 1.807) is 20.4 Å². The van der Waals surface area contributed by atoms with E-state index in [2.05, 4.69) is 16.4 Å². The minimum Gasteiger partial charge on any atom is -0.493 e. The Morgan fingerprint density at radius 3 is 2.76 bits per heavy atom. The van der Waals surface area contributed by atoms with E-state index in [1.165, 1.54) is 11.3 Å². The highest BCUT2D eigenvalue weighted by molar-refractivity contribution is 7.11. The fraction of sp³-hybridized carbons (Fsp3) is 0.143. The topological polar surface area (TPSA) is 85.6 Å². The van der Waals surface area contributed by atoms with Crippen LogP contribution in [0.2, 0.25) is 0 Å². The van der Waals surface area contributed by atoms with Crippen molar-refractivity contribution >= 4 is 22.6 Å². The van der Waals surface area contributed by atoms with Gasteiger partial charge in [0.2, 0.25) is 6.79 Å². The third kappa shape index (κ3) is 3.81. The molecular formula is C21H17N3O4S. The normalized spacial score (nSPS) is 12.4. The zero-order valence-electron chi connectivity index (χ0n) is 15.8. The number of hydrogen-bond donors (Lipinski definition) is 1. The summed E-state index contributed by atoms with van der Waals surface area (Å²) in [5.74, 6) is 2.66. The van der Waals surface area contributed by atoms with E-state index < -0.39 is 0 Å². The molecule has 0 saturated carbocycles. The molecule has 4 rings (SSSR count). The summed E-state index contributed by atoms with van der Waals surface area (Å²) in [6.07, 6.45) is 1.63. The maximum atomic E-state index is 9.57. The molecule has 0 amide bonds. The number of nitrogens with zero attached hydrogens (tertiary/aromatic N) is 2. The number of fused-ring (bicyclic) bond motifs is 1. The number of allylic oxidation sites excluding steroid dienone is 1. The van der Waals surface area contributed by atoms with Crippen LogP contribution in [0, 0.1) is 11.3 Å². The number of hydrogen-bond acceptors (Lipinski definition) is 8. The zero-order chi connectivity index (χ0) is 20.2. The van der Waals surface area contributed by atoms with Gasteiger partial charge in [-0.25, -0.2) is 4.98 Å². The summed E-state index contributed by atoms with van der Waals surface area (Å²) in [4.78, 5) is 4.60. The Morgan fingerprint density at radius 2 is 1.97 bits per heavy atom. The Hall–Kier alpha value is -3.70. The van der Waals surface area contributed by atoms with Crippen molar-refractivity contribution < 1.29 is 18.9 Å². The molecule has 146 valence electrons. The van der Waals surface area contributed by atoms with Crippen LogP contribution in [-0.4, -0.2) is 26.0 Å². The van der Waals surface area contributed by atoms with Crippen molar-refractivity contribution in [2.24, 2.45) is 0 Å². The number of nitriles is 1. The molecule has 29 heavy (non-hydrogen) atoms. The van der Waals surface area contributed by atoms with Crippen LogP contribution < -0.4 is 24.3 Å². The molecule has 1 N–H and O–H groups in total. The molecule has 0 radical (unpaired) electrons. The van der Waals surface area contributed by atoms with Crippen LogP contribution >= 0.6 is 11.3 Å². The third-order valence-electron chi connectivity index (χ3n) is 4.29. The summed E-state index contributed by atoms with van der Waals surface area (Å²) in [6.45, 7) is 0.218. The predicted octanol–water partition coefficient (Wildman–Crippen LogP) is 4.53. The average Bonchev–Trinajstić information content (AvgIpc) is 3.43. The van der Waals surface area contributed by atoms with Crippen molar-refractivity contribution in [2.45, 2.75) is 0 Å². The highest BCUT2D eigenvalue weighted by Gasteiger charge is 2.14. The van der Waals surface area contributed by atoms with E-state index in [1.807, 2.05) is 41.8 Å². The van der Waals surface area contributed by atoms with Crippen LogP contribution in [0.5, 0.6) is 23.0 Å². The second-order valence-electron chi connectivity index (χ2n) is 5.99. The average molecular weight is 407 g/mol. The summed E-state index contributed by atoms with van der Waals surface area (Å²) in [5, 5.41) is 15.2. The minimum absolute atomic E-state index is 0.218. The molecule has 7 nitrogen and oxygen atoms in total. The number of nitrogens with one attached hydrogen (secondary N) is 1. The Kier molecular flexibility index (Phi) is 5.22. The lowest BCUT2D eigenvalue weighted by atomic mass is 10.1. The zero-order valence-corrected chi connectivity index (χ0v) is 16.6. The number of methoxy groups -OCH3 is 2. The molecule has 0 aliphatic carbocycles. The van der Waals surface area contributed by atoms with Gasteiger partial charge in [-0.15, -0.1) is 11.3 Å². The lowest BCUT2D eigenvalue weighted by Crippen LogP contribution is -1.93.